The molecule has 1 N–H and O–H groups in total. The van der Waals surface area contributed by atoms with Crippen molar-refractivity contribution < 1.29 is 19.4 Å². The van der Waals surface area contributed by atoms with Gasteiger partial charge in [0.1, 0.15) is 18.1 Å². The molecule has 0 saturated carbocycles. The summed E-state index contributed by atoms with van der Waals surface area (Å²) in [6, 6.07) is 28.1. The number of aryl methyl sites for hydroxylation is 1. The lowest BCUT2D eigenvalue weighted by Crippen LogP contribution is -2.29. The molecule has 1 fully saturated rings. The van der Waals surface area contributed by atoms with Crippen LogP contribution in [0.4, 0.5) is 5.13 Å². The molecule has 6 rings (SSSR count). The van der Waals surface area contributed by atoms with Gasteiger partial charge in [-0.2, -0.15) is 0 Å². The molecule has 4 aromatic carbocycles. The van der Waals surface area contributed by atoms with Gasteiger partial charge in [0.15, 0.2) is 4.34 Å². The first kappa shape index (κ1) is 30.9. The fourth-order valence-electron chi connectivity index (χ4n) is 4.94. The van der Waals surface area contributed by atoms with Crippen LogP contribution >= 0.6 is 46.3 Å². The van der Waals surface area contributed by atoms with E-state index in [1.165, 1.54) is 28.0 Å². The average molecular weight is 675 g/mol. The zero-order valence-corrected chi connectivity index (χ0v) is 27.0. The highest BCUT2D eigenvalue weighted by Gasteiger charge is 2.48. The molecule has 1 aliphatic heterocycles. The molecule has 1 saturated heterocycles. The number of amides is 1. The van der Waals surface area contributed by atoms with Crippen LogP contribution in [0.2, 0.25) is 10.0 Å². The maximum atomic E-state index is 13.5. The molecule has 2 heterocycles. The summed E-state index contributed by atoms with van der Waals surface area (Å²) < 4.78 is 6.52. The molecule has 1 atom stereocenters. The molecule has 0 bridgehead atoms. The van der Waals surface area contributed by atoms with Gasteiger partial charge in [-0.1, -0.05) is 106 Å². The average Bonchev–Trinajstić information content (AvgIpc) is 3.61. The van der Waals surface area contributed by atoms with Gasteiger partial charge < -0.3 is 9.84 Å². The Bertz CT molecular complexity index is 1910. The molecular weight excluding hydrogens is 649 g/mol. The van der Waals surface area contributed by atoms with Crippen LogP contribution in [-0.2, 0) is 21.9 Å². The predicted molar refractivity (Wildman–Crippen MR) is 179 cm³/mol. The second-order valence-electron chi connectivity index (χ2n) is 10.3. The van der Waals surface area contributed by atoms with E-state index in [0.717, 1.165) is 16.7 Å². The van der Waals surface area contributed by atoms with E-state index in [1.54, 1.807) is 48.5 Å². The first-order valence-electron chi connectivity index (χ1n) is 13.8. The van der Waals surface area contributed by atoms with E-state index in [-0.39, 0.29) is 16.5 Å². The minimum Gasteiger partial charge on any atom is -0.507 e. The normalized spacial score (nSPS) is 15.9. The van der Waals surface area contributed by atoms with Gasteiger partial charge in [0.05, 0.1) is 11.6 Å². The molecule has 1 unspecified atom stereocenters. The number of anilines is 1. The summed E-state index contributed by atoms with van der Waals surface area (Å²) in [5, 5.41) is 21.4. The minimum absolute atomic E-state index is 0.0591. The standard InChI is InChI=1S/C34H25Cl2N3O4S2/c1-20-5-4-6-21(17-20)18-43-26-15-11-23(12-16-26)30(40)28-29(22-9-13-25(35)14-10-22)39(32(42)31(28)41)33-37-38-34(45-33)44-19-24-7-2-3-8-27(24)36/h2-17,29,40H,18-19H2,1H3. The first-order chi connectivity index (χ1) is 21.8. The monoisotopic (exact) mass is 673 g/mol. The Kier molecular flexibility index (Phi) is 9.23. The number of ketones is 1. The van der Waals surface area contributed by atoms with Gasteiger partial charge in [-0.15, -0.1) is 10.2 Å². The van der Waals surface area contributed by atoms with Crippen molar-refractivity contribution in [1.82, 2.24) is 10.2 Å². The number of halogens is 2. The number of aromatic nitrogens is 2. The third-order valence-corrected chi connectivity index (χ3v) is 9.88. The summed E-state index contributed by atoms with van der Waals surface area (Å²) in [7, 11) is 0. The molecule has 45 heavy (non-hydrogen) atoms. The van der Waals surface area contributed by atoms with Crippen molar-refractivity contribution in [2.24, 2.45) is 0 Å². The Morgan fingerprint density at radius 3 is 2.44 bits per heavy atom. The Morgan fingerprint density at radius 1 is 0.956 bits per heavy atom. The van der Waals surface area contributed by atoms with Gasteiger partial charge in [0.2, 0.25) is 5.13 Å². The molecule has 0 spiro atoms. The van der Waals surface area contributed by atoms with Crippen LogP contribution in [0.5, 0.6) is 5.75 Å². The summed E-state index contributed by atoms with van der Waals surface area (Å²) >= 11 is 15.1. The highest BCUT2D eigenvalue weighted by molar-refractivity contribution is 8.00. The van der Waals surface area contributed by atoms with Crippen molar-refractivity contribution in [3.05, 3.63) is 140 Å². The molecule has 0 aliphatic carbocycles. The number of nitrogens with zero attached hydrogens (tertiary/aromatic N) is 3. The number of aliphatic hydroxyl groups is 1. The second-order valence-corrected chi connectivity index (χ2v) is 13.3. The van der Waals surface area contributed by atoms with Crippen LogP contribution < -0.4 is 9.64 Å². The quantitative estimate of drug-likeness (QED) is 0.0550. The topological polar surface area (TPSA) is 92.6 Å². The Labute approximate surface area is 278 Å². The Morgan fingerprint density at radius 2 is 1.71 bits per heavy atom. The van der Waals surface area contributed by atoms with Crippen LogP contribution in [-0.4, -0.2) is 27.0 Å². The van der Waals surface area contributed by atoms with E-state index < -0.39 is 17.7 Å². The lowest BCUT2D eigenvalue weighted by molar-refractivity contribution is -0.132. The van der Waals surface area contributed by atoms with E-state index in [2.05, 4.69) is 16.3 Å². The van der Waals surface area contributed by atoms with Crippen LogP contribution in [0.3, 0.4) is 0 Å². The molecule has 226 valence electrons. The number of carbonyl (C=O) groups excluding carboxylic acids is 2. The number of aliphatic hydroxyl groups excluding tert-OH is 1. The van der Waals surface area contributed by atoms with Crippen LogP contribution in [0, 0.1) is 6.92 Å². The Balaban J connectivity index is 1.30. The molecule has 7 nitrogen and oxygen atoms in total. The molecular formula is C34H25Cl2N3O4S2. The summed E-state index contributed by atoms with van der Waals surface area (Å²) in [5.41, 5.74) is 4.00. The zero-order valence-electron chi connectivity index (χ0n) is 23.8. The van der Waals surface area contributed by atoms with Crippen LogP contribution in [0.1, 0.15) is 33.9 Å². The molecule has 1 aromatic heterocycles. The highest BCUT2D eigenvalue weighted by Crippen LogP contribution is 2.44. The maximum Gasteiger partial charge on any atom is 0.301 e. The van der Waals surface area contributed by atoms with Crippen molar-refractivity contribution in [2.75, 3.05) is 4.90 Å². The minimum atomic E-state index is -0.950. The number of hydrogen-bond donors (Lipinski definition) is 1. The smallest absolute Gasteiger partial charge is 0.301 e. The van der Waals surface area contributed by atoms with Gasteiger partial charge in [0.25, 0.3) is 5.78 Å². The van der Waals surface area contributed by atoms with E-state index in [9.17, 15) is 14.7 Å². The lowest BCUT2D eigenvalue weighted by atomic mass is 9.95. The third-order valence-electron chi connectivity index (χ3n) is 7.16. The van der Waals surface area contributed by atoms with Gasteiger partial charge in [-0.3, -0.25) is 14.5 Å². The summed E-state index contributed by atoms with van der Waals surface area (Å²) in [4.78, 5) is 28.4. The van der Waals surface area contributed by atoms with E-state index in [4.69, 9.17) is 27.9 Å². The predicted octanol–water partition coefficient (Wildman–Crippen LogP) is 8.65. The molecule has 1 amide bonds. The number of benzene rings is 4. The van der Waals surface area contributed by atoms with Crippen LogP contribution in [0.25, 0.3) is 5.76 Å². The summed E-state index contributed by atoms with van der Waals surface area (Å²) in [6.45, 7) is 2.41. The number of thioether (sulfide) groups is 1. The SMILES string of the molecule is Cc1cccc(COc2ccc(C(O)=C3C(=O)C(=O)N(c4nnc(SCc5ccccc5Cl)s4)C3c3ccc(Cl)cc3)cc2)c1. The largest absolute Gasteiger partial charge is 0.507 e. The number of carbonyl (C=O) groups is 2. The molecule has 11 heteroatoms. The van der Waals surface area contributed by atoms with E-state index in [0.29, 0.717) is 43.6 Å². The van der Waals surface area contributed by atoms with Crippen molar-refractivity contribution in [3.63, 3.8) is 0 Å². The highest BCUT2D eigenvalue weighted by atomic mass is 35.5. The first-order valence-corrected chi connectivity index (χ1v) is 16.4. The lowest BCUT2D eigenvalue weighted by Gasteiger charge is -2.22. The second kappa shape index (κ2) is 13.5. The van der Waals surface area contributed by atoms with Crippen molar-refractivity contribution in [2.45, 2.75) is 29.7 Å². The number of hydrogen-bond acceptors (Lipinski definition) is 8. The van der Waals surface area contributed by atoms with Gasteiger partial charge in [-0.25, -0.2) is 0 Å². The Hall–Kier alpha value is -4.15. The van der Waals surface area contributed by atoms with Crippen molar-refractivity contribution in [1.29, 1.82) is 0 Å². The summed E-state index contributed by atoms with van der Waals surface area (Å²) in [6.07, 6.45) is 0. The molecule has 1 aliphatic rings. The van der Waals surface area contributed by atoms with E-state index >= 15 is 0 Å². The molecule has 0 radical (unpaired) electrons. The number of ether oxygens (including phenoxy) is 1. The summed E-state index contributed by atoms with van der Waals surface area (Å²) in [5.74, 6) is -0.795. The van der Waals surface area contributed by atoms with Crippen molar-refractivity contribution >= 4 is 68.9 Å². The van der Waals surface area contributed by atoms with Gasteiger partial charge in [-0.05, 0) is 66.1 Å². The number of Topliss-reactive ketones (excluding diaryl/α,β-unsaturated/α-hetero) is 1. The zero-order chi connectivity index (χ0) is 31.5. The van der Waals surface area contributed by atoms with Gasteiger partial charge in [0, 0.05) is 21.4 Å². The molecule has 5 aromatic rings. The maximum absolute atomic E-state index is 13.5. The third kappa shape index (κ3) is 6.77. The van der Waals surface area contributed by atoms with Crippen LogP contribution in [0.15, 0.2) is 107 Å². The van der Waals surface area contributed by atoms with Gasteiger partial charge >= 0.3 is 5.91 Å². The van der Waals surface area contributed by atoms with Crippen molar-refractivity contribution in [3.8, 4) is 5.75 Å². The fraction of sp³-hybridized carbons (Fsp3) is 0.118. The number of rotatable bonds is 9. The fourth-order valence-corrected chi connectivity index (χ4v) is 7.22. The van der Waals surface area contributed by atoms with E-state index in [1.807, 2.05) is 49.4 Å².